The predicted molar refractivity (Wildman–Crippen MR) is 105 cm³/mol. The van der Waals surface area contributed by atoms with E-state index >= 15 is 0 Å². The first-order valence-corrected chi connectivity index (χ1v) is 9.07. The van der Waals surface area contributed by atoms with Crippen molar-refractivity contribution in [1.29, 1.82) is 0 Å². The van der Waals surface area contributed by atoms with Gasteiger partial charge in [0, 0.05) is 43.6 Å². The van der Waals surface area contributed by atoms with Crippen LogP contribution in [0.25, 0.3) is 11.3 Å². The Labute approximate surface area is 175 Å². The molecule has 0 aliphatic heterocycles. The summed E-state index contributed by atoms with van der Waals surface area (Å²) in [5.41, 5.74) is 0.959. The molecule has 0 radical (unpaired) electrons. The number of carbonyl (C=O) groups is 1. The van der Waals surface area contributed by atoms with Crippen LogP contribution in [0.15, 0.2) is 48.7 Å². The van der Waals surface area contributed by atoms with Gasteiger partial charge in [0.1, 0.15) is 24.2 Å². The van der Waals surface area contributed by atoms with Gasteiger partial charge >= 0.3 is 0 Å². The van der Waals surface area contributed by atoms with Crippen LogP contribution < -0.4 is 10.1 Å². The SMILES string of the molecule is Cn1cc(C(=O)NCC(O)COc2ccc(F)c(F)c2)c(-c2ccc([N+](=O)[O-])cc2)n1. The molecule has 3 aromatic rings. The number of hydrogen-bond acceptors (Lipinski definition) is 6. The van der Waals surface area contributed by atoms with E-state index in [9.17, 15) is 28.8 Å². The third kappa shape index (κ3) is 5.39. The molecular formula is C20H18F2N4O5. The summed E-state index contributed by atoms with van der Waals surface area (Å²) < 4.78 is 32.7. The Kier molecular flexibility index (Phi) is 6.55. The highest BCUT2D eigenvalue weighted by atomic mass is 19.2. The molecule has 9 nitrogen and oxygen atoms in total. The van der Waals surface area contributed by atoms with Gasteiger partial charge in [0.05, 0.1) is 10.5 Å². The summed E-state index contributed by atoms with van der Waals surface area (Å²) in [7, 11) is 1.62. The van der Waals surface area contributed by atoms with Crippen LogP contribution in [0.4, 0.5) is 14.5 Å². The van der Waals surface area contributed by atoms with E-state index in [4.69, 9.17) is 4.74 Å². The first-order valence-electron chi connectivity index (χ1n) is 9.07. The van der Waals surface area contributed by atoms with E-state index in [0.29, 0.717) is 11.3 Å². The minimum atomic E-state index is -1.11. The number of hydrogen-bond donors (Lipinski definition) is 2. The topological polar surface area (TPSA) is 120 Å². The van der Waals surface area contributed by atoms with Crippen molar-refractivity contribution in [3.63, 3.8) is 0 Å². The number of aliphatic hydroxyl groups excluding tert-OH is 1. The van der Waals surface area contributed by atoms with Crippen LogP contribution in [0.5, 0.6) is 5.75 Å². The molecule has 1 atom stereocenters. The molecule has 1 unspecified atom stereocenters. The second-order valence-electron chi connectivity index (χ2n) is 6.62. The molecule has 0 bridgehead atoms. The number of halogens is 2. The van der Waals surface area contributed by atoms with Gasteiger partial charge in [0.2, 0.25) is 0 Å². The van der Waals surface area contributed by atoms with Crippen molar-refractivity contribution in [2.45, 2.75) is 6.10 Å². The molecule has 11 heteroatoms. The fraction of sp³-hybridized carbons (Fsp3) is 0.200. The number of non-ortho nitro benzene ring substituents is 1. The maximum atomic E-state index is 13.2. The second kappa shape index (κ2) is 9.30. The normalized spacial score (nSPS) is 11.7. The fourth-order valence-corrected chi connectivity index (χ4v) is 2.73. The van der Waals surface area contributed by atoms with Gasteiger partial charge in [-0.3, -0.25) is 19.6 Å². The molecule has 3 rings (SSSR count). The number of benzene rings is 2. The average molecular weight is 432 g/mol. The van der Waals surface area contributed by atoms with Crippen molar-refractivity contribution in [2.24, 2.45) is 7.05 Å². The third-order valence-electron chi connectivity index (χ3n) is 4.26. The lowest BCUT2D eigenvalue weighted by molar-refractivity contribution is -0.384. The minimum Gasteiger partial charge on any atom is -0.491 e. The van der Waals surface area contributed by atoms with Gasteiger partial charge in [0.25, 0.3) is 11.6 Å². The van der Waals surface area contributed by atoms with Crippen LogP contribution in [0, 0.1) is 21.7 Å². The Hall–Kier alpha value is -3.86. The van der Waals surface area contributed by atoms with Gasteiger partial charge < -0.3 is 15.2 Å². The number of aliphatic hydroxyl groups is 1. The number of ether oxygens (including phenoxy) is 1. The zero-order valence-electron chi connectivity index (χ0n) is 16.3. The zero-order valence-corrected chi connectivity index (χ0v) is 16.3. The summed E-state index contributed by atoms with van der Waals surface area (Å²) in [6.07, 6.45) is 0.368. The second-order valence-corrected chi connectivity index (χ2v) is 6.62. The molecule has 1 heterocycles. The highest BCUT2D eigenvalue weighted by molar-refractivity contribution is 5.99. The van der Waals surface area contributed by atoms with Gasteiger partial charge in [0.15, 0.2) is 11.6 Å². The maximum absolute atomic E-state index is 13.2. The van der Waals surface area contributed by atoms with Gasteiger partial charge in [-0.15, -0.1) is 0 Å². The van der Waals surface area contributed by atoms with Gasteiger partial charge in [-0.25, -0.2) is 8.78 Å². The summed E-state index contributed by atoms with van der Waals surface area (Å²) in [4.78, 5) is 22.8. The van der Waals surface area contributed by atoms with Crippen molar-refractivity contribution < 1.29 is 28.3 Å². The number of aryl methyl sites for hydroxylation is 1. The van der Waals surface area contributed by atoms with Crippen LogP contribution in [0.2, 0.25) is 0 Å². The molecule has 1 amide bonds. The Balaban J connectivity index is 1.61. The molecule has 2 aromatic carbocycles. The lowest BCUT2D eigenvalue weighted by Gasteiger charge is -2.13. The fourth-order valence-electron chi connectivity index (χ4n) is 2.73. The number of carbonyl (C=O) groups excluding carboxylic acids is 1. The van der Waals surface area contributed by atoms with E-state index in [1.54, 1.807) is 7.05 Å². The van der Waals surface area contributed by atoms with Crippen molar-refractivity contribution in [3.8, 4) is 17.0 Å². The molecule has 0 saturated heterocycles. The zero-order chi connectivity index (χ0) is 22.5. The maximum Gasteiger partial charge on any atom is 0.269 e. The lowest BCUT2D eigenvalue weighted by atomic mass is 10.1. The molecule has 0 saturated carbocycles. The van der Waals surface area contributed by atoms with Crippen LogP contribution in [0.1, 0.15) is 10.4 Å². The molecule has 0 aliphatic rings. The van der Waals surface area contributed by atoms with Crippen LogP contribution in [0.3, 0.4) is 0 Å². The Morgan fingerprint density at radius 3 is 2.61 bits per heavy atom. The summed E-state index contributed by atoms with van der Waals surface area (Å²) >= 11 is 0. The molecule has 162 valence electrons. The molecule has 0 fully saturated rings. The smallest absolute Gasteiger partial charge is 0.269 e. The minimum absolute atomic E-state index is 0.0389. The van der Waals surface area contributed by atoms with E-state index in [1.807, 2.05) is 0 Å². The van der Waals surface area contributed by atoms with E-state index in [-0.39, 0.29) is 30.2 Å². The highest BCUT2D eigenvalue weighted by Crippen LogP contribution is 2.24. The summed E-state index contributed by atoms with van der Waals surface area (Å²) in [6.45, 7) is -0.426. The average Bonchev–Trinajstić information content (AvgIpc) is 3.14. The van der Waals surface area contributed by atoms with Gasteiger partial charge in [-0.2, -0.15) is 5.10 Å². The number of nitrogens with zero attached hydrogens (tertiary/aromatic N) is 3. The first kappa shape index (κ1) is 21.8. The van der Waals surface area contributed by atoms with Crippen molar-refractivity contribution in [2.75, 3.05) is 13.2 Å². The summed E-state index contributed by atoms with van der Waals surface area (Å²) in [6, 6.07) is 8.57. The van der Waals surface area contributed by atoms with Crippen molar-refractivity contribution in [3.05, 3.63) is 76.0 Å². The summed E-state index contributed by atoms with van der Waals surface area (Å²) in [5, 5.41) is 27.6. The van der Waals surface area contributed by atoms with Crippen LogP contribution >= 0.6 is 0 Å². The number of nitro groups is 1. The highest BCUT2D eigenvalue weighted by Gasteiger charge is 2.19. The van der Waals surface area contributed by atoms with Gasteiger partial charge in [-0.05, 0) is 24.3 Å². The van der Waals surface area contributed by atoms with Gasteiger partial charge in [-0.1, -0.05) is 0 Å². The Morgan fingerprint density at radius 1 is 1.26 bits per heavy atom. The standard InChI is InChI=1S/C20H18F2N4O5/c1-25-10-16(19(24-25)12-2-4-13(5-3-12)26(29)30)20(28)23-9-14(27)11-31-15-6-7-17(21)18(22)8-15/h2-8,10,14,27H,9,11H2,1H3,(H,23,28). The number of nitrogens with one attached hydrogen (secondary N) is 1. The molecule has 0 spiro atoms. The van der Waals surface area contributed by atoms with E-state index < -0.39 is 28.6 Å². The molecule has 31 heavy (non-hydrogen) atoms. The monoisotopic (exact) mass is 432 g/mol. The van der Waals surface area contributed by atoms with E-state index in [1.165, 1.54) is 41.2 Å². The van der Waals surface area contributed by atoms with Crippen molar-refractivity contribution in [1.82, 2.24) is 15.1 Å². The van der Waals surface area contributed by atoms with Crippen LogP contribution in [-0.4, -0.2) is 45.0 Å². The number of amides is 1. The predicted octanol–water partition coefficient (Wildman–Crippen LogP) is 2.44. The number of nitro benzene ring substituents is 1. The largest absolute Gasteiger partial charge is 0.491 e. The number of aromatic nitrogens is 2. The lowest BCUT2D eigenvalue weighted by Crippen LogP contribution is -2.35. The first-order chi connectivity index (χ1) is 14.7. The van der Waals surface area contributed by atoms with Crippen molar-refractivity contribution >= 4 is 11.6 Å². The molecule has 2 N–H and O–H groups in total. The van der Waals surface area contributed by atoms with E-state index in [2.05, 4.69) is 10.4 Å². The quantitative estimate of drug-likeness (QED) is 0.417. The third-order valence-corrected chi connectivity index (χ3v) is 4.26. The van der Waals surface area contributed by atoms with E-state index in [0.717, 1.165) is 12.1 Å². The molecule has 0 aliphatic carbocycles. The Bertz CT molecular complexity index is 1100. The van der Waals surface area contributed by atoms with Crippen LogP contribution in [-0.2, 0) is 7.05 Å². The number of rotatable bonds is 8. The summed E-state index contributed by atoms with van der Waals surface area (Å²) in [5.74, 6) is -2.57. The molecular weight excluding hydrogens is 414 g/mol. The molecule has 1 aromatic heterocycles. The Morgan fingerprint density at radius 2 is 1.97 bits per heavy atom.